The monoisotopic (exact) mass is 356 g/mol. The molecule has 25 heavy (non-hydrogen) atoms. The van der Waals surface area contributed by atoms with Crippen molar-refractivity contribution in [3.63, 3.8) is 0 Å². The maximum absolute atomic E-state index is 10.7. The summed E-state index contributed by atoms with van der Waals surface area (Å²) in [4.78, 5) is 10.7. The minimum Gasteiger partial charge on any atom is -0.497 e. The number of hydrogen-bond donors (Lipinski definition) is 5. The molecule has 2 rings (SSSR count). The van der Waals surface area contributed by atoms with Gasteiger partial charge in [0.2, 0.25) is 6.29 Å². The average Bonchev–Trinajstić information content (AvgIpc) is 2.60. The quantitative estimate of drug-likeness (QED) is 0.404. The largest absolute Gasteiger partial charge is 0.497 e. The summed E-state index contributed by atoms with van der Waals surface area (Å²) in [5.41, 5.74) is 0.361. The summed E-state index contributed by atoms with van der Waals surface area (Å²) in [7, 11) is 1.43. The molecule has 5 atom stereocenters. The van der Waals surface area contributed by atoms with Crippen LogP contribution in [0.2, 0.25) is 0 Å². The molecule has 9 nitrogen and oxygen atoms in total. The first-order chi connectivity index (χ1) is 11.9. The van der Waals surface area contributed by atoms with Crippen LogP contribution >= 0.6 is 0 Å². The van der Waals surface area contributed by atoms with Crippen LogP contribution in [0.1, 0.15) is 5.56 Å². The molecule has 0 aliphatic carbocycles. The Labute approximate surface area is 143 Å². The SMILES string of the molecule is COc1ccc(C=CC(=O)O)c(O[C@@H]2O[C@H](CO)[C@@H](O)[C@H](O)[C@H]2O)c1. The molecule has 0 radical (unpaired) electrons. The van der Waals surface area contributed by atoms with Crippen molar-refractivity contribution >= 4 is 12.0 Å². The fourth-order valence-corrected chi connectivity index (χ4v) is 2.33. The highest BCUT2D eigenvalue weighted by Gasteiger charge is 2.44. The van der Waals surface area contributed by atoms with Gasteiger partial charge >= 0.3 is 5.97 Å². The fraction of sp³-hybridized carbons (Fsp3) is 0.438. The molecule has 0 spiro atoms. The van der Waals surface area contributed by atoms with Crippen molar-refractivity contribution in [1.82, 2.24) is 0 Å². The van der Waals surface area contributed by atoms with E-state index in [9.17, 15) is 25.2 Å². The van der Waals surface area contributed by atoms with E-state index < -0.39 is 43.3 Å². The number of aliphatic carboxylic acids is 1. The third kappa shape index (κ3) is 4.47. The first kappa shape index (κ1) is 19.2. The lowest BCUT2D eigenvalue weighted by Crippen LogP contribution is -2.60. The topological polar surface area (TPSA) is 146 Å². The zero-order valence-electron chi connectivity index (χ0n) is 13.3. The van der Waals surface area contributed by atoms with E-state index in [0.29, 0.717) is 11.3 Å². The second-order valence-corrected chi connectivity index (χ2v) is 5.39. The maximum atomic E-state index is 10.7. The van der Waals surface area contributed by atoms with Gasteiger partial charge < -0.3 is 39.7 Å². The molecule has 138 valence electrons. The van der Waals surface area contributed by atoms with Crippen LogP contribution in [0.5, 0.6) is 11.5 Å². The predicted molar refractivity (Wildman–Crippen MR) is 84.1 cm³/mol. The second kappa shape index (κ2) is 8.28. The lowest BCUT2D eigenvalue weighted by Gasteiger charge is -2.39. The zero-order valence-corrected chi connectivity index (χ0v) is 13.3. The molecule has 0 amide bonds. The van der Waals surface area contributed by atoms with Crippen LogP contribution in [0.15, 0.2) is 24.3 Å². The highest BCUT2D eigenvalue weighted by molar-refractivity contribution is 5.86. The lowest BCUT2D eigenvalue weighted by atomic mass is 9.99. The Morgan fingerprint density at radius 2 is 1.96 bits per heavy atom. The van der Waals surface area contributed by atoms with Gasteiger partial charge in [0, 0.05) is 17.7 Å². The number of ether oxygens (including phenoxy) is 3. The van der Waals surface area contributed by atoms with E-state index in [4.69, 9.17) is 19.3 Å². The van der Waals surface area contributed by atoms with E-state index in [0.717, 1.165) is 6.08 Å². The molecule has 0 saturated carbocycles. The molecular weight excluding hydrogens is 336 g/mol. The van der Waals surface area contributed by atoms with Gasteiger partial charge in [0.25, 0.3) is 0 Å². The van der Waals surface area contributed by atoms with Crippen LogP contribution in [0.4, 0.5) is 0 Å². The number of rotatable bonds is 6. The van der Waals surface area contributed by atoms with Crippen molar-refractivity contribution < 1.29 is 44.5 Å². The van der Waals surface area contributed by atoms with Gasteiger partial charge in [-0.25, -0.2) is 4.79 Å². The van der Waals surface area contributed by atoms with Gasteiger partial charge in [0.15, 0.2) is 0 Å². The van der Waals surface area contributed by atoms with Gasteiger partial charge in [-0.3, -0.25) is 0 Å². The first-order valence-electron chi connectivity index (χ1n) is 7.43. The number of carboxylic acids is 1. The van der Waals surface area contributed by atoms with Crippen molar-refractivity contribution in [1.29, 1.82) is 0 Å². The predicted octanol–water partition coefficient (Wildman–Crippen LogP) is -1.03. The summed E-state index contributed by atoms with van der Waals surface area (Å²) in [6, 6.07) is 4.57. The number of aliphatic hydroxyl groups excluding tert-OH is 4. The van der Waals surface area contributed by atoms with Crippen molar-refractivity contribution in [2.45, 2.75) is 30.7 Å². The average molecular weight is 356 g/mol. The zero-order chi connectivity index (χ0) is 18.6. The van der Waals surface area contributed by atoms with E-state index in [1.165, 1.54) is 25.3 Å². The Balaban J connectivity index is 2.29. The van der Waals surface area contributed by atoms with Crippen molar-refractivity contribution in [3.05, 3.63) is 29.8 Å². The summed E-state index contributed by atoms with van der Waals surface area (Å²) < 4.78 is 15.9. The molecular formula is C16H20O9. The highest BCUT2D eigenvalue weighted by Crippen LogP contribution is 2.30. The van der Waals surface area contributed by atoms with Crippen LogP contribution < -0.4 is 9.47 Å². The number of aliphatic hydroxyl groups is 4. The van der Waals surface area contributed by atoms with Gasteiger partial charge in [-0.2, -0.15) is 0 Å². The van der Waals surface area contributed by atoms with Crippen LogP contribution in [0.3, 0.4) is 0 Å². The van der Waals surface area contributed by atoms with Crippen molar-refractivity contribution in [2.24, 2.45) is 0 Å². The molecule has 1 aliphatic rings. The first-order valence-corrected chi connectivity index (χ1v) is 7.43. The van der Waals surface area contributed by atoms with E-state index >= 15 is 0 Å². The molecule has 1 saturated heterocycles. The van der Waals surface area contributed by atoms with E-state index in [1.807, 2.05) is 0 Å². The molecule has 5 N–H and O–H groups in total. The molecule has 1 heterocycles. The smallest absolute Gasteiger partial charge is 0.328 e. The number of methoxy groups -OCH3 is 1. The minimum atomic E-state index is -1.58. The normalized spacial score (nSPS) is 29.6. The van der Waals surface area contributed by atoms with Crippen LogP contribution in [-0.2, 0) is 9.53 Å². The van der Waals surface area contributed by atoms with Crippen LogP contribution in [-0.4, -0.2) is 75.9 Å². The second-order valence-electron chi connectivity index (χ2n) is 5.39. The molecule has 0 bridgehead atoms. The molecule has 1 aliphatic heterocycles. The Kier molecular flexibility index (Phi) is 6.34. The van der Waals surface area contributed by atoms with Crippen LogP contribution in [0, 0.1) is 0 Å². The number of carboxylic acid groups (broad SMARTS) is 1. The third-order valence-corrected chi connectivity index (χ3v) is 3.72. The summed E-state index contributed by atoms with van der Waals surface area (Å²) in [6.07, 6.45) is -4.99. The Hall–Kier alpha value is -2.17. The van der Waals surface area contributed by atoms with Crippen LogP contribution in [0.25, 0.3) is 6.08 Å². The number of hydrogen-bond acceptors (Lipinski definition) is 8. The Morgan fingerprint density at radius 1 is 1.24 bits per heavy atom. The Morgan fingerprint density at radius 3 is 2.56 bits per heavy atom. The van der Waals surface area contributed by atoms with Gasteiger partial charge in [0.05, 0.1) is 13.7 Å². The van der Waals surface area contributed by atoms with Gasteiger partial charge in [-0.05, 0) is 18.2 Å². The van der Waals surface area contributed by atoms with Gasteiger partial charge in [-0.15, -0.1) is 0 Å². The standard InChI is InChI=1S/C16H20O9/c1-23-9-4-2-8(3-5-12(18)19)10(6-9)24-16-15(22)14(21)13(20)11(7-17)25-16/h2-6,11,13-17,20-22H,7H2,1H3,(H,18,19)/t11-,13-,14+,15-,16-/m1/s1. The van der Waals surface area contributed by atoms with E-state index in [1.54, 1.807) is 6.07 Å². The molecule has 9 heteroatoms. The minimum absolute atomic E-state index is 0.126. The molecule has 0 aromatic heterocycles. The third-order valence-electron chi connectivity index (χ3n) is 3.72. The maximum Gasteiger partial charge on any atom is 0.328 e. The van der Waals surface area contributed by atoms with Gasteiger partial charge in [0.1, 0.15) is 35.9 Å². The highest BCUT2D eigenvalue weighted by atomic mass is 16.7. The molecule has 1 fully saturated rings. The summed E-state index contributed by atoms with van der Waals surface area (Å²) in [5, 5.41) is 47.6. The molecule has 1 aromatic carbocycles. The lowest BCUT2D eigenvalue weighted by molar-refractivity contribution is -0.277. The summed E-state index contributed by atoms with van der Waals surface area (Å²) in [6.45, 7) is -0.589. The Bertz CT molecular complexity index is 628. The van der Waals surface area contributed by atoms with Crippen molar-refractivity contribution in [2.75, 3.05) is 13.7 Å². The number of carbonyl (C=O) groups is 1. The molecule has 1 aromatic rings. The summed E-state index contributed by atoms with van der Waals surface area (Å²) >= 11 is 0. The fourth-order valence-electron chi connectivity index (χ4n) is 2.33. The van der Waals surface area contributed by atoms with Gasteiger partial charge in [-0.1, -0.05) is 0 Å². The number of benzene rings is 1. The van der Waals surface area contributed by atoms with E-state index in [2.05, 4.69) is 0 Å². The van der Waals surface area contributed by atoms with Crippen molar-refractivity contribution in [3.8, 4) is 11.5 Å². The summed E-state index contributed by atoms with van der Waals surface area (Å²) in [5.74, 6) is -0.622. The molecule has 0 unspecified atom stereocenters. The van der Waals surface area contributed by atoms with E-state index in [-0.39, 0.29) is 5.75 Å².